The quantitative estimate of drug-likeness (QED) is 0.927. The third-order valence-electron chi connectivity index (χ3n) is 5.06. The molecule has 2 N–H and O–H groups in total. The number of aromatic nitrogens is 2. The van der Waals surface area contributed by atoms with Crippen molar-refractivity contribution < 1.29 is 0 Å². The normalized spacial score (nSPS) is 19.3. The summed E-state index contributed by atoms with van der Waals surface area (Å²) in [6.07, 6.45) is 8.08. The van der Waals surface area contributed by atoms with Crippen molar-refractivity contribution in [1.29, 1.82) is 0 Å². The van der Waals surface area contributed by atoms with E-state index in [1.54, 1.807) is 0 Å². The van der Waals surface area contributed by atoms with Gasteiger partial charge in [0, 0.05) is 18.2 Å². The summed E-state index contributed by atoms with van der Waals surface area (Å²) in [5.74, 6) is 0. The molecule has 1 atom stereocenters. The summed E-state index contributed by atoms with van der Waals surface area (Å²) in [7, 11) is 0. The lowest BCUT2D eigenvalue weighted by atomic mass is 9.64. The summed E-state index contributed by atoms with van der Waals surface area (Å²) >= 11 is 0. The molecule has 0 aliphatic heterocycles. The number of hydrogen-bond donors (Lipinski definition) is 1. The second-order valence-corrected chi connectivity index (χ2v) is 6.13. The maximum absolute atomic E-state index is 6.80. The summed E-state index contributed by atoms with van der Waals surface area (Å²) in [5.41, 5.74) is 9.42. The predicted molar refractivity (Wildman–Crippen MR) is 86.0 cm³/mol. The standard InChI is InChI=1S/C18H25N3/c1-2-21-16(11-14-20-21)17(19)18(12-7-4-8-13-18)15-9-5-3-6-10-15/h3,5-6,9-11,14,17H,2,4,7-8,12-13,19H2,1H3. The van der Waals surface area contributed by atoms with Crippen molar-refractivity contribution in [2.75, 3.05) is 0 Å². The van der Waals surface area contributed by atoms with Crippen LogP contribution in [0.5, 0.6) is 0 Å². The van der Waals surface area contributed by atoms with Crippen LogP contribution < -0.4 is 5.73 Å². The van der Waals surface area contributed by atoms with Gasteiger partial charge in [-0.1, -0.05) is 49.6 Å². The first-order valence-corrected chi connectivity index (χ1v) is 8.11. The zero-order chi connectivity index (χ0) is 14.7. The van der Waals surface area contributed by atoms with E-state index in [1.165, 1.54) is 43.4 Å². The number of nitrogens with zero attached hydrogens (tertiary/aromatic N) is 2. The van der Waals surface area contributed by atoms with Gasteiger partial charge in [-0.25, -0.2) is 0 Å². The van der Waals surface area contributed by atoms with Crippen LogP contribution >= 0.6 is 0 Å². The lowest BCUT2D eigenvalue weighted by Crippen LogP contribution is -2.41. The van der Waals surface area contributed by atoms with Crippen LogP contribution in [0.3, 0.4) is 0 Å². The highest BCUT2D eigenvalue weighted by atomic mass is 15.3. The highest BCUT2D eigenvalue weighted by molar-refractivity contribution is 5.31. The smallest absolute Gasteiger partial charge is 0.0565 e. The van der Waals surface area contributed by atoms with E-state index in [0.717, 1.165) is 6.54 Å². The highest BCUT2D eigenvalue weighted by Gasteiger charge is 2.41. The lowest BCUT2D eigenvalue weighted by Gasteiger charge is -2.42. The Kier molecular flexibility index (Phi) is 4.11. The Morgan fingerprint density at radius 3 is 2.52 bits per heavy atom. The summed E-state index contributed by atoms with van der Waals surface area (Å²) in [5, 5.41) is 4.41. The van der Waals surface area contributed by atoms with Crippen LogP contribution in [0.15, 0.2) is 42.6 Å². The zero-order valence-electron chi connectivity index (χ0n) is 12.8. The van der Waals surface area contributed by atoms with Gasteiger partial charge in [0.25, 0.3) is 0 Å². The zero-order valence-corrected chi connectivity index (χ0v) is 12.8. The van der Waals surface area contributed by atoms with Gasteiger partial charge in [-0.15, -0.1) is 0 Å². The molecular weight excluding hydrogens is 258 g/mol. The SMILES string of the molecule is CCn1nccc1C(N)C1(c2ccccc2)CCCCC1. The summed E-state index contributed by atoms with van der Waals surface area (Å²) in [6.45, 7) is 3.00. The van der Waals surface area contributed by atoms with Crippen molar-refractivity contribution in [3.63, 3.8) is 0 Å². The molecule has 1 aliphatic carbocycles. The van der Waals surface area contributed by atoms with Gasteiger partial charge in [-0.2, -0.15) is 5.10 Å². The van der Waals surface area contributed by atoms with E-state index in [1.807, 2.05) is 10.9 Å². The first kappa shape index (κ1) is 14.3. The molecule has 1 aromatic carbocycles. The Morgan fingerprint density at radius 2 is 1.86 bits per heavy atom. The van der Waals surface area contributed by atoms with Crippen molar-refractivity contribution in [2.45, 2.75) is 57.0 Å². The Morgan fingerprint density at radius 1 is 1.14 bits per heavy atom. The molecule has 1 aromatic heterocycles. The van der Waals surface area contributed by atoms with Crippen molar-refractivity contribution in [3.05, 3.63) is 53.9 Å². The van der Waals surface area contributed by atoms with Crippen LogP contribution in [0.4, 0.5) is 0 Å². The monoisotopic (exact) mass is 283 g/mol. The Balaban J connectivity index is 2.03. The molecule has 112 valence electrons. The Labute approximate surface area is 127 Å². The van der Waals surface area contributed by atoms with E-state index >= 15 is 0 Å². The Hall–Kier alpha value is -1.61. The number of rotatable bonds is 4. The largest absolute Gasteiger partial charge is 0.322 e. The molecule has 1 heterocycles. The molecule has 1 fully saturated rings. The van der Waals surface area contributed by atoms with Crippen LogP contribution in [-0.4, -0.2) is 9.78 Å². The fraction of sp³-hybridized carbons (Fsp3) is 0.500. The minimum Gasteiger partial charge on any atom is -0.322 e. The molecule has 0 bridgehead atoms. The van der Waals surface area contributed by atoms with Crippen molar-refractivity contribution in [2.24, 2.45) is 5.73 Å². The van der Waals surface area contributed by atoms with Gasteiger partial charge in [0.05, 0.1) is 11.7 Å². The van der Waals surface area contributed by atoms with Crippen LogP contribution in [-0.2, 0) is 12.0 Å². The van der Waals surface area contributed by atoms with Crippen LogP contribution in [0.2, 0.25) is 0 Å². The molecular formula is C18H25N3. The maximum Gasteiger partial charge on any atom is 0.0565 e. The molecule has 1 saturated carbocycles. The van der Waals surface area contributed by atoms with Crippen molar-refractivity contribution in [3.8, 4) is 0 Å². The Bertz CT molecular complexity index is 567. The molecule has 0 spiro atoms. The van der Waals surface area contributed by atoms with E-state index in [9.17, 15) is 0 Å². The van der Waals surface area contributed by atoms with Gasteiger partial charge in [-0.3, -0.25) is 4.68 Å². The number of nitrogens with two attached hydrogens (primary N) is 1. The topological polar surface area (TPSA) is 43.8 Å². The molecule has 3 heteroatoms. The third kappa shape index (κ3) is 2.51. The molecule has 0 amide bonds. The summed E-state index contributed by atoms with van der Waals surface area (Å²) < 4.78 is 2.05. The molecule has 1 aliphatic rings. The second kappa shape index (κ2) is 6.02. The minimum atomic E-state index is 0.0163. The van der Waals surface area contributed by atoms with E-state index in [0.29, 0.717) is 0 Å². The van der Waals surface area contributed by atoms with E-state index in [2.05, 4.69) is 48.4 Å². The van der Waals surface area contributed by atoms with Crippen LogP contribution in [0.25, 0.3) is 0 Å². The van der Waals surface area contributed by atoms with Gasteiger partial charge < -0.3 is 5.73 Å². The fourth-order valence-corrected chi connectivity index (χ4v) is 3.89. The van der Waals surface area contributed by atoms with Gasteiger partial charge in [-0.05, 0) is 31.4 Å². The average Bonchev–Trinajstić information content (AvgIpc) is 3.04. The molecule has 3 rings (SSSR count). The maximum atomic E-state index is 6.80. The minimum absolute atomic E-state index is 0.0163. The number of hydrogen-bond acceptors (Lipinski definition) is 2. The van der Waals surface area contributed by atoms with Gasteiger partial charge in [0.1, 0.15) is 0 Å². The molecule has 2 aromatic rings. The summed E-state index contributed by atoms with van der Waals surface area (Å²) in [4.78, 5) is 0. The van der Waals surface area contributed by atoms with Crippen LogP contribution in [0, 0.1) is 0 Å². The van der Waals surface area contributed by atoms with Crippen LogP contribution in [0.1, 0.15) is 56.3 Å². The fourth-order valence-electron chi connectivity index (χ4n) is 3.89. The lowest BCUT2D eigenvalue weighted by molar-refractivity contribution is 0.236. The first-order chi connectivity index (χ1) is 10.3. The van der Waals surface area contributed by atoms with E-state index < -0.39 is 0 Å². The van der Waals surface area contributed by atoms with Gasteiger partial charge >= 0.3 is 0 Å². The second-order valence-electron chi connectivity index (χ2n) is 6.13. The van der Waals surface area contributed by atoms with E-state index in [4.69, 9.17) is 5.73 Å². The molecule has 0 radical (unpaired) electrons. The van der Waals surface area contributed by atoms with Crippen molar-refractivity contribution in [1.82, 2.24) is 9.78 Å². The third-order valence-corrected chi connectivity index (χ3v) is 5.06. The number of aryl methyl sites for hydroxylation is 1. The van der Waals surface area contributed by atoms with Crippen molar-refractivity contribution >= 4 is 0 Å². The molecule has 0 saturated heterocycles. The molecule has 1 unspecified atom stereocenters. The number of benzene rings is 1. The molecule has 3 nitrogen and oxygen atoms in total. The molecule has 21 heavy (non-hydrogen) atoms. The summed E-state index contributed by atoms with van der Waals surface area (Å²) in [6, 6.07) is 13.0. The average molecular weight is 283 g/mol. The predicted octanol–water partition coefficient (Wildman–Crippen LogP) is 3.80. The van der Waals surface area contributed by atoms with E-state index in [-0.39, 0.29) is 11.5 Å². The first-order valence-electron chi connectivity index (χ1n) is 8.11. The van der Waals surface area contributed by atoms with Gasteiger partial charge in [0.2, 0.25) is 0 Å². The highest BCUT2D eigenvalue weighted by Crippen LogP contribution is 2.46. The van der Waals surface area contributed by atoms with Gasteiger partial charge in [0.15, 0.2) is 0 Å².